The van der Waals surface area contributed by atoms with E-state index < -0.39 is 12.2 Å². The molecule has 0 bridgehead atoms. The first-order valence-corrected chi connectivity index (χ1v) is 17.7. The first-order chi connectivity index (χ1) is 26.6. The van der Waals surface area contributed by atoms with Crippen LogP contribution in [0.15, 0.2) is 91.8 Å². The van der Waals surface area contributed by atoms with Crippen molar-refractivity contribution in [2.24, 2.45) is 0 Å². The monoisotopic (exact) mass is 842 g/mol. The molecule has 3 aromatic heterocycles. The fraction of sp³-hybridized carbons (Fsp3) is 0.375. The van der Waals surface area contributed by atoms with E-state index in [1.807, 2.05) is 54.6 Å². The predicted octanol–water partition coefficient (Wildman–Crippen LogP) is 6.19. The van der Waals surface area contributed by atoms with Gasteiger partial charge >= 0.3 is 24.1 Å². The Morgan fingerprint density at radius 1 is 0.741 bits per heavy atom. The van der Waals surface area contributed by atoms with Gasteiger partial charge in [0.1, 0.15) is 31.2 Å². The number of aromatic nitrogens is 4. The second kappa shape index (κ2) is 29.8. The highest BCUT2D eigenvalue weighted by Gasteiger charge is 2.13. The van der Waals surface area contributed by atoms with Crippen molar-refractivity contribution in [2.75, 3.05) is 52.6 Å². The van der Waals surface area contributed by atoms with E-state index in [-0.39, 0.29) is 71.7 Å². The van der Waals surface area contributed by atoms with Gasteiger partial charge in [-0.1, -0.05) is 56.0 Å². The van der Waals surface area contributed by atoms with Crippen LogP contribution in [0.2, 0.25) is 0 Å². The molecule has 0 spiro atoms. The highest BCUT2D eigenvalue weighted by molar-refractivity contribution is 7.59. The maximum atomic E-state index is 11.9. The van der Waals surface area contributed by atoms with Crippen LogP contribution in [0.4, 0.5) is 21.2 Å². The number of carbonyl (C=O) groups is 4. The number of anilines is 2. The van der Waals surface area contributed by atoms with Crippen LogP contribution in [0.25, 0.3) is 21.5 Å². The number of fused-ring (bicyclic) bond motifs is 2. The van der Waals surface area contributed by atoms with Crippen LogP contribution in [0.5, 0.6) is 0 Å². The number of hydrogen-bond donors (Lipinski definition) is 4. The Balaban J connectivity index is 0.000000872. The van der Waals surface area contributed by atoms with Crippen LogP contribution >= 0.6 is 27.0 Å². The smallest absolute Gasteiger partial charge is 0.419 e. The van der Waals surface area contributed by atoms with Crippen molar-refractivity contribution in [1.82, 2.24) is 30.2 Å². The summed E-state index contributed by atoms with van der Waals surface area (Å²) in [6.07, 6.45) is 10.4. The average molecular weight is 843 g/mol. The molecule has 0 aliphatic rings. The van der Waals surface area contributed by atoms with Crippen LogP contribution in [0.1, 0.15) is 46.0 Å². The highest BCUT2D eigenvalue weighted by atomic mass is 32.1. The number of nitrogens with one attached hydrogen (secondary N) is 3. The molecule has 0 saturated heterocycles. The fourth-order valence-electron chi connectivity index (χ4n) is 4.99. The number of nitrogens with zero attached hydrogens (tertiary/aromatic N) is 4. The van der Waals surface area contributed by atoms with Gasteiger partial charge in [0.25, 0.3) is 0 Å². The van der Waals surface area contributed by atoms with E-state index in [0.29, 0.717) is 43.7 Å². The molecule has 5 N–H and O–H groups in total. The summed E-state index contributed by atoms with van der Waals surface area (Å²) in [5.41, 5.74) is 5.51. The summed E-state index contributed by atoms with van der Waals surface area (Å²) in [4.78, 5) is 57.5. The van der Waals surface area contributed by atoms with E-state index in [9.17, 15) is 19.2 Å². The van der Waals surface area contributed by atoms with Gasteiger partial charge in [-0.15, -0.1) is 0 Å². The second-order valence-electron chi connectivity index (χ2n) is 12.1. The van der Waals surface area contributed by atoms with Gasteiger partial charge in [0.15, 0.2) is 0 Å². The van der Waals surface area contributed by atoms with Gasteiger partial charge < -0.3 is 35.3 Å². The molecule has 318 valence electrons. The SMILES string of the molecule is C.CN[C@@H](CCCC(=O)OC)COC(=O)Nc1cc2ccccc2cn1.CN[C@@H](CCCC(=O)OC)COC(=O)n1ccnc1.Nc1cc2ccccc2cn1.S.S. The van der Waals surface area contributed by atoms with Crippen molar-refractivity contribution in [1.29, 1.82) is 0 Å². The summed E-state index contributed by atoms with van der Waals surface area (Å²) in [5, 5.41) is 13.0. The summed E-state index contributed by atoms with van der Waals surface area (Å²) in [6.45, 7) is 0.450. The molecule has 0 aliphatic heterocycles. The molecule has 18 heteroatoms. The number of likely N-dealkylation sites (N-methyl/N-ethyl adjacent to an activating group) is 2. The van der Waals surface area contributed by atoms with E-state index in [0.717, 1.165) is 28.0 Å². The Hall–Kier alpha value is -5.43. The summed E-state index contributed by atoms with van der Waals surface area (Å²) in [5.74, 6) is 0.542. The molecule has 3 heterocycles. The lowest BCUT2D eigenvalue weighted by Crippen LogP contribution is -2.32. The quantitative estimate of drug-likeness (QED) is 0.0684. The Labute approximate surface area is 353 Å². The molecule has 5 aromatic rings. The van der Waals surface area contributed by atoms with Crippen molar-refractivity contribution >= 4 is 84.3 Å². The average Bonchev–Trinajstić information content (AvgIpc) is 3.76. The number of methoxy groups -OCH3 is 2. The Morgan fingerprint density at radius 2 is 1.24 bits per heavy atom. The molecule has 5 rings (SSSR count). The van der Waals surface area contributed by atoms with Gasteiger partial charge in [0, 0.05) is 60.5 Å². The molecular weight excluding hydrogens is 785 g/mol. The molecule has 0 radical (unpaired) electrons. The lowest BCUT2D eigenvalue weighted by atomic mass is 10.1. The van der Waals surface area contributed by atoms with Crippen molar-refractivity contribution < 1.29 is 38.1 Å². The number of ether oxygens (including phenoxy) is 4. The first kappa shape index (κ1) is 52.6. The summed E-state index contributed by atoms with van der Waals surface area (Å²) in [7, 11) is 6.31. The van der Waals surface area contributed by atoms with Crippen molar-refractivity contribution in [3.05, 3.63) is 91.8 Å². The number of hydrogen-bond acceptors (Lipinski definition) is 14. The fourth-order valence-corrected chi connectivity index (χ4v) is 4.99. The zero-order valence-corrected chi connectivity index (χ0v) is 34.6. The number of pyridine rings is 2. The van der Waals surface area contributed by atoms with Crippen LogP contribution in [0.3, 0.4) is 0 Å². The van der Waals surface area contributed by atoms with E-state index in [2.05, 4.69) is 40.4 Å². The number of imidazole rings is 1. The maximum Gasteiger partial charge on any atom is 0.419 e. The van der Waals surface area contributed by atoms with Crippen molar-refractivity contribution in [3.8, 4) is 0 Å². The number of amides is 1. The van der Waals surface area contributed by atoms with Gasteiger partial charge in [-0.3, -0.25) is 14.9 Å². The molecule has 0 unspecified atom stereocenters. The minimum atomic E-state index is -0.559. The number of benzene rings is 2. The summed E-state index contributed by atoms with van der Waals surface area (Å²) >= 11 is 0. The van der Waals surface area contributed by atoms with Crippen molar-refractivity contribution in [3.63, 3.8) is 0 Å². The predicted molar refractivity (Wildman–Crippen MR) is 237 cm³/mol. The first-order valence-electron chi connectivity index (χ1n) is 17.7. The molecule has 2 aromatic carbocycles. The lowest BCUT2D eigenvalue weighted by Gasteiger charge is -2.16. The lowest BCUT2D eigenvalue weighted by molar-refractivity contribution is -0.141. The van der Waals surface area contributed by atoms with E-state index in [1.165, 1.54) is 37.5 Å². The molecule has 1 amide bonds. The molecule has 0 saturated carbocycles. The number of rotatable bonds is 15. The number of esters is 2. The topological polar surface area (TPSA) is 211 Å². The van der Waals surface area contributed by atoms with Gasteiger partial charge in [0.2, 0.25) is 0 Å². The molecule has 58 heavy (non-hydrogen) atoms. The third kappa shape index (κ3) is 19.6. The Morgan fingerprint density at radius 3 is 1.74 bits per heavy atom. The highest BCUT2D eigenvalue weighted by Crippen LogP contribution is 2.16. The molecule has 0 fully saturated rings. The normalized spacial score (nSPS) is 10.9. The van der Waals surface area contributed by atoms with Gasteiger partial charge in [-0.2, -0.15) is 27.0 Å². The number of nitrogens with two attached hydrogens (primary N) is 1. The molecular formula is C40H58N8O8S2. The second-order valence-corrected chi connectivity index (χ2v) is 12.1. The van der Waals surface area contributed by atoms with Crippen LogP contribution < -0.4 is 21.7 Å². The van der Waals surface area contributed by atoms with E-state index in [4.69, 9.17) is 15.2 Å². The van der Waals surface area contributed by atoms with E-state index in [1.54, 1.807) is 32.6 Å². The third-order valence-corrected chi connectivity index (χ3v) is 8.19. The van der Waals surface area contributed by atoms with Crippen LogP contribution in [-0.4, -0.2) is 97.3 Å². The Kier molecular flexibility index (Phi) is 27.0. The zero-order valence-electron chi connectivity index (χ0n) is 32.6. The number of carbonyl (C=O) groups excluding carboxylic acids is 4. The third-order valence-electron chi connectivity index (χ3n) is 8.19. The maximum absolute atomic E-state index is 11.9. The minimum Gasteiger partial charge on any atom is -0.469 e. The number of nitrogen functional groups attached to an aromatic ring is 1. The standard InChI is InChI=1S/C18H23N3O4.C12H19N3O4.C9H8N2.CH4.2H2S/c1-19-15(8-5-9-17(22)24-2)12-25-18(23)21-16-10-13-6-3-4-7-14(13)11-20-16;1-13-10(4-3-5-11(16)18-2)8-19-12(17)15-7-6-14-9-15;10-9-5-7-3-1-2-4-8(7)6-11-9;;;/h3-4,6-7,10-11,15,19H,5,8-9,12H2,1-2H3,(H,20,21,23);6-7,9-10,13H,3-5,8H2,1-2H3;1-6H,(H2,10,11);1H4;2*1H2/t15-;10-;;;;/m00..../s1. The Bertz CT molecular complexity index is 1940. The van der Waals surface area contributed by atoms with Crippen molar-refractivity contribution in [2.45, 2.75) is 58.0 Å². The van der Waals surface area contributed by atoms with Gasteiger partial charge in [0.05, 0.1) is 14.2 Å². The summed E-state index contributed by atoms with van der Waals surface area (Å²) in [6, 6.07) is 19.4. The molecule has 16 nitrogen and oxygen atoms in total. The van der Waals surface area contributed by atoms with E-state index >= 15 is 0 Å². The zero-order chi connectivity index (χ0) is 39.8. The largest absolute Gasteiger partial charge is 0.469 e. The van der Waals surface area contributed by atoms with Crippen LogP contribution in [0, 0.1) is 0 Å². The minimum absolute atomic E-state index is 0. The molecule has 2 atom stereocenters. The summed E-state index contributed by atoms with van der Waals surface area (Å²) < 4.78 is 20.8. The molecule has 0 aliphatic carbocycles. The van der Waals surface area contributed by atoms with Crippen LogP contribution in [-0.2, 0) is 28.5 Å². The van der Waals surface area contributed by atoms with Gasteiger partial charge in [-0.05, 0) is 62.7 Å². The van der Waals surface area contributed by atoms with Gasteiger partial charge in [-0.25, -0.2) is 29.1 Å².